The molecule has 1 N–H and O–H groups in total. The van der Waals surface area contributed by atoms with Crippen LogP contribution < -0.4 is 5.32 Å². The number of ether oxygens (including phenoxy) is 1. The van der Waals surface area contributed by atoms with Gasteiger partial charge in [-0.25, -0.2) is 4.98 Å². The van der Waals surface area contributed by atoms with E-state index >= 15 is 0 Å². The molecular formula is C14H24N2OS. The fourth-order valence-electron chi connectivity index (χ4n) is 2.43. The standard InChI is InChI=1S/C14H24N2OS/c1-11-14(5-7-17-11,10-16-13(2,3)4)9-12-15-6-8-18-12/h6,8,11,16H,5,7,9-10H2,1-4H3. The highest BCUT2D eigenvalue weighted by molar-refractivity contribution is 7.09. The van der Waals surface area contributed by atoms with Gasteiger partial charge in [-0.05, 0) is 34.1 Å². The minimum absolute atomic E-state index is 0.151. The first-order chi connectivity index (χ1) is 8.41. The van der Waals surface area contributed by atoms with Gasteiger partial charge >= 0.3 is 0 Å². The quantitative estimate of drug-likeness (QED) is 0.912. The molecule has 0 amide bonds. The second-order valence-electron chi connectivity index (χ2n) is 6.33. The van der Waals surface area contributed by atoms with Gasteiger partial charge in [0.2, 0.25) is 0 Å². The SMILES string of the molecule is CC1OCCC1(CNC(C)(C)C)Cc1nccs1. The molecule has 1 aromatic heterocycles. The Kier molecular flexibility index (Phi) is 4.09. The molecule has 1 aliphatic heterocycles. The third kappa shape index (κ3) is 3.31. The van der Waals surface area contributed by atoms with E-state index in [1.54, 1.807) is 11.3 Å². The lowest BCUT2D eigenvalue weighted by atomic mass is 9.78. The highest BCUT2D eigenvalue weighted by atomic mass is 32.1. The average Bonchev–Trinajstić information content (AvgIpc) is 2.87. The topological polar surface area (TPSA) is 34.1 Å². The van der Waals surface area contributed by atoms with Crippen LogP contribution in [0.1, 0.15) is 39.1 Å². The lowest BCUT2D eigenvalue weighted by molar-refractivity contribution is 0.0597. The highest BCUT2D eigenvalue weighted by Gasteiger charge is 2.42. The summed E-state index contributed by atoms with van der Waals surface area (Å²) in [5.74, 6) is 0. The molecule has 18 heavy (non-hydrogen) atoms. The van der Waals surface area contributed by atoms with Gasteiger partial charge in [0.1, 0.15) is 0 Å². The Morgan fingerprint density at radius 1 is 1.56 bits per heavy atom. The van der Waals surface area contributed by atoms with Crippen molar-refractivity contribution in [2.45, 2.75) is 52.2 Å². The molecular weight excluding hydrogens is 244 g/mol. The first-order valence-corrected chi connectivity index (χ1v) is 7.54. The summed E-state index contributed by atoms with van der Waals surface area (Å²) in [5.41, 5.74) is 0.351. The van der Waals surface area contributed by atoms with E-state index in [1.165, 1.54) is 5.01 Å². The Morgan fingerprint density at radius 3 is 2.83 bits per heavy atom. The van der Waals surface area contributed by atoms with Gasteiger partial charge in [-0.3, -0.25) is 0 Å². The predicted molar refractivity (Wildman–Crippen MR) is 76.0 cm³/mol. The summed E-state index contributed by atoms with van der Waals surface area (Å²) in [5, 5.41) is 6.93. The Morgan fingerprint density at radius 2 is 2.33 bits per heavy atom. The van der Waals surface area contributed by atoms with Crippen LogP contribution in [0, 0.1) is 5.41 Å². The Hall–Kier alpha value is -0.450. The van der Waals surface area contributed by atoms with Gasteiger partial charge in [-0.15, -0.1) is 11.3 Å². The van der Waals surface area contributed by atoms with Crippen LogP contribution in [-0.4, -0.2) is 29.8 Å². The van der Waals surface area contributed by atoms with Crippen molar-refractivity contribution in [2.24, 2.45) is 5.41 Å². The van der Waals surface area contributed by atoms with Gasteiger partial charge in [0, 0.05) is 42.1 Å². The van der Waals surface area contributed by atoms with Crippen LogP contribution in [0.4, 0.5) is 0 Å². The summed E-state index contributed by atoms with van der Waals surface area (Å²) in [7, 11) is 0. The minimum atomic E-state index is 0.151. The molecule has 3 nitrogen and oxygen atoms in total. The van der Waals surface area contributed by atoms with Crippen LogP contribution in [0.25, 0.3) is 0 Å². The maximum Gasteiger partial charge on any atom is 0.0931 e. The van der Waals surface area contributed by atoms with E-state index in [1.807, 2.05) is 6.20 Å². The Labute approximate surface area is 114 Å². The Bertz CT molecular complexity index is 372. The number of hydrogen-bond acceptors (Lipinski definition) is 4. The van der Waals surface area contributed by atoms with E-state index in [2.05, 4.69) is 43.4 Å². The number of rotatable bonds is 4. The third-order valence-electron chi connectivity index (χ3n) is 3.79. The molecule has 0 radical (unpaired) electrons. The van der Waals surface area contributed by atoms with Crippen molar-refractivity contribution in [3.05, 3.63) is 16.6 Å². The van der Waals surface area contributed by atoms with E-state index < -0.39 is 0 Å². The first kappa shape index (κ1) is 14.0. The highest BCUT2D eigenvalue weighted by Crippen LogP contribution is 2.38. The number of aromatic nitrogens is 1. The number of nitrogens with zero attached hydrogens (tertiary/aromatic N) is 1. The average molecular weight is 268 g/mol. The number of nitrogens with one attached hydrogen (secondary N) is 1. The van der Waals surface area contributed by atoms with Crippen LogP contribution in [0.15, 0.2) is 11.6 Å². The number of thiazole rings is 1. The fraction of sp³-hybridized carbons (Fsp3) is 0.786. The molecule has 4 heteroatoms. The smallest absolute Gasteiger partial charge is 0.0931 e. The van der Waals surface area contributed by atoms with Crippen LogP contribution in [-0.2, 0) is 11.2 Å². The summed E-state index contributed by atoms with van der Waals surface area (Å²) in [6.45, 7) is 10.7. The summed E-state index contributed by atoms with van der Waals surface area (Å²) in [6, 6.07) is 0. The summed E-state index contributed by atoms with van der Waals surface area (Å²) in [6.07, 6.45) is 4.34. The monoisotopic (exact) mass is 268 g/mol. The predicted octanol–water partition coefficient (Wildman–Crippen LogP) is 2.87. The maximum absolute atomic E-state index is 5.82. The molecule has 2 atom stereocenters. The molecule has 0 saturated carbocycles. The fourth-order valence-corrected chi connectivity index (χ4v) is 3.20. The molecule has 0 bridgehead atoms. The van der Waals surface area contributed by atoms with Crippen molar-refractivity contribution in [1.29, 1.82) is 0 Å². The molecule has 0 aromatic carbocycles. The number of hydrogen-bond donors (Lipinski definition) is 1. The van der Waals surface area contributed by atoms with Gasteiger partial charge in [0.15, 0.2) is 0 Å². The van der Waals surface area contributed by atoms with E-state index in [-0.39, 0.29) is 11.0 Å². The van der Waals surface area contributed by atoms with Gasteiger partial charge in [-0.2, -0.15) is 0 Å². The molecule has 1 saturated heterocycles. The molecule has 0 aliphatic carbocycles. The van der Waals surface area contributed by atoms with Gasteiger partial charge in [-0.1, -0.05) is 0 Å². The second kappa shape index (κ2) is 5.27. The van der Waals surface area contributed by atoms with Crippen molar-refractivity contribution in [3.63, 3.8) is 0 Å². The van der Waals surface area contributed by atoms with E-state index in [9.17, 15) is 0 Å². The van der Waals surface area contributed by atoms with Gasteiger partial charge in [0.05, 0.1) is 11.1 Å². The molecule has 0 spiro atoms. The van der Waals surface area contributed by atoms with Crippen molar-refractivity contribution < 1.29 is 4.74 Å². The molecule has 2 unspecified atom stereocenters. The normalized spacial score (nSPS) is 28.8. The minimum Gasteiger partial charge on any atom is -0.378 e. The van der Waals surface area contributed by atoms with Crippen molar-refractivity contribution >= 4 is 11.3 Å². The lowest BCUT2D eigenvalue weighted by Crippen LogP contribution is -2.47. The summed E-state index contributed by atoms with van der Waals surface area (Å²) < 4.78 is 5.82. The third-order valence-corrected chi connectivity index (χ3v) is 4.57. The largest absolute Gasteiger partial charge is 0.378 e. The van der Waals surface area contributed by atoms with Crippen molar-refractivity contribution in [2.75, 3.05) is 13.2 Å². The zero-order valence-corrected chi connectivity index (χ0v) is 12.6. The van der Waals surface area contributed by atoms with E-state index in [0.717, 1.165) is 26.0 Å². The first-order valence-electron chi connectivity index (χ1n) is 6.66. The molecule has 1 aliphatic rings. The van der Waals surface area contributed by atoms with Crippen LogP contribution in [0.2, 0.25) is 0 Å². The van der Waals surface area contributed by atoms with E-state index in [0.29, 0.717) is 6.10 Å². The zero-order chi connectivity index (χ0) is 13.2. The van der Waals surface area contributed by atoms with Crippen LogP contribution >= 0.6 is 11.3 Å². The second-order valence-corrected chi connectivity index (χ2v) is 7.31. The maximum atomic E-state index is 5.82. The van der Waals surface area contributed by atoms with Crippen LogP contribution in [0.3, 0.4) is 0 Å². The molecule has 2 rings (SSSR count). The van der Waals surface area contributed by atoms with Crippen molar-refractivity contribution in [1.82, 2.24) is 10.3 Å². The van der Waals surface area contributed by atoms with Gasteiger partial charge < -0.3 is 10.1 Å². The lowest BCUT2D eigenvalue weighted by Gasteiger charge is -2.35. The summed E-state index contributed by atoms with van der Waals surface area (Å²) >= 11 is 1.75. The van der Waals surface area contributed by atoms with E-state index in [4.69, 9.17) is 4.74 Å². The van der Waals surface area contributed by atoms with Crippen molar-refractivity contribution in [3.8, 4) is 0 Å². The summed E-state index contributed by atoms with van der Waals surface area (Å²) in [4.78, 5) is 4.44. The molecule has 102 valence electrons. The zero-order valence-electron chi connectivity index (χ0n) is 11.8. The van der Waals surface area contributed by atoms with Gasteiger partial charge in [0.25, 0.3) is 0 Å². The Balaban J connectivity index is 2.08. The molecule has 2 heterocycles. The van der Waals surface area contributed by atoms with Crippen LogP contribution in [0.5, 0.6) is 0 Å². The molecule has 1 aromatic rings. The molecule has 1 fully saturated rings.